The fraction of sp³-hybridized carbons (Fsp3) is 0.579. The average Bonchev–Trinajstić information content (AvgIpc) is 3.17. The number of nitrogens with one attached hydrogen (secondary N) is 2. The van der Waals surface area contributed by atoms with Gasteiger partial charge in [-0.3, -0.25) is 4.99 Å². The largest absolute Gasteiger partial charge is 0.381 e. The van der Waals surface area contributed by atoms with Crippen LogP contribution in [0.3, 0.4) is 0 Å². The van der Waals surface area contributed by atoms with Crippen LogP contribution in [0.25, 0.3) is 10.6 Å². The number of aliphatic imine (C=N–C) groups is 1. The summed E-state index contributed by atoms with van der Waals surface area (Å²) in [7, 11) is 1.81. The van der Waals surface area contributed by atoms with Crippen LogP contribution in [0, 0.1) is 12.8 Å². The molecule has 0 aliphatic heterocycles. The Balaban J connectivity index is 1.30. The van der Waals surface area contributed by atoms with Gasteiger partial charge < -0.3 is 15.4 Å². The Morgan fingerprint density at radius 2 is 2.15 bits per heavy atom. The van der Waals surface area contributed by atoms with E-state index in [1.807, 2.05) is 25.3 Å². The molecule has 2 heterocycles. The van der Waals surface area contributed by atoms with E-state index in [0.29, 0.717) is 0 Å². The summed E-state index contributed by atoms with van der Waals surface area (Å²) in [6.07, 6.45) is 4.70. The van der Waals surface area contributed by atoms with Crippen LogP contribution in [0.15, 0.2) is 22.5 Å². The molecular weight excluding hydrogens is 364 g/mol. The van der Waals surface area contributed by atoms with E-state index in [4.69, 9.17) is 4.74 Å². The Kier molecular flexibility index (Phi) is 7.46. The van der Waals surface area contributed by atoms with Crippen LogP contribution in [-0.2, 0) is 11.2 Å². The Morgan fingerprint density at radius 3 is 2.88 bits per heavy atom. The highest BCUT2D eigenvalue weighted by molar-refractivity contribution is 7.16. The zero-order valence-electron chi connectivity index (χ0n) is 15.6. The monoisotopic (exact) mass is 392 g/mol. The van der Waals surface area contributed by atoms with Crippen molar-refractivity contribution in [3.8, 4) is 10.6 Å². The van der Waals surface area contributed by atoms with Crippen molar-refractivity contribution in [1.29, 1.82) is 0 Å². The number of guanidine groups is 1. The molecule has 3 rings (SSSR count). The first-order valence-corrected chi connectivity index (χ1v) is 11.0. The molecule has 142 valence electrons. The fourth-order valence-electron chi connectivity index (χ4n) is 2.57. The minimum Gasteiger partial charge on any atom is -0.381 e. The van der Waals surface area contributed by atoms with Gasteiger partial charge in [0.2, 0.25) is 0 Å². The second kappa shape index (κ2) is 10.0. The lowest BCUT2D eigenvalue weighted by atomic mass is 10.3. The summed E-state index contributed by atoms with van der Waals surface area (Å²) in [6, 6.07) is 4.37. The second-order valence-electron chi connectivity index (χ2n) is 6.57. The Bertz CT molecular complexity index is 706. The van der Waals surface area contributed by atoms with Crippen molar-refractivity contribution in [2.45, 2.75) is 32.6 Å². The minimum atomic E-state index is 0.828. The van der Waals surface area contributed by atoms with Crippen molar-refractivity contribution < 1.29 is 4.74 Å². The van der Waals surface area contributed by atoms with Gasteiger partial charge in [-0.25, -0.2) is 4.98 Å². The summed E-state index contributed by atoms with van der Waals surface area (Å²) in [5.41, 5.74) is 1.10. The summed E-state index contributed by atoms with van der Waals surface area (Å²) in [5, 5.41) is 9.97. The zero-order chi connectivity index (χ0) is 18.2. The number of rotatable bonds is 10. The van der Waals surface area contributed by atoms with E-state index in [9.17, 15) is 0 Å². The van der Waals surface area contributed by atoms with Crippen molar-refractivity contribution in [3.63, 3.8) is 0 Å². The Morgan fingerprint density at radius 1 is 1.31 bits per heavy atom. The van der Waals surface area contributed by atoms with Crippen LogP contribution in [-0.4, -0.2) is 44.3 Å². The molecule has 0 saturated heterocycles. The third-order valence-corrected chi connectivity index (χ3v) is 6.17. The predicted molar refractivity (Wildman–Crippen MR) is 111 cm³/mol. The normalized spacial score (nSPS) is 14.6. The van der Waals surface area contributed by atoms with E-state index in [2.05, 4.69) is 38.1 Å². The number of thiophene rings is 1. The quantitative estimate of drug-likeness (QED) is 0.368. The lowest BCUT2D eigenvalue weighted by Crippen LogP contribution is -2.38. The van der Waals surface area contributed by atoms with Crippen LogP contribution >= 0.6 is 22.7 Å². The Hall–Kier alpha value is -1.44. The molecule has 7 heteroatoms. The van der Waals surface area contributed by atoms with Gasteiger partial charge in [0.1, 0.15) is 0 Å². The standard InChI is InChI=1S/C19H28N4OS2/c1-14-23-17(13-25-14)18-7-6-16(26-18)8-10-22-19(20-2)21-9-3-11-24-12-15-4-5-15/h6-7,13,15H,3-5,8-12H2,1-2H3,(H2,20,21,22). The van der Waals surface area contributed by atoms with Gasteiger partial charge in [0.25, 0.3) is 0 Å². The summed E-state index contributed by atoms with van der Waals surface area (Å²) in [6.45, 7) is 5.57. The third-order valence-electron chi connectivity index (χ3n) is 4.23. The molecule has 0 radical (unpaired) electrons. The zero-order valence-corrected chi connectivity index (χ0v) is 17.2. The maximum Gasteiger partial charge on any atom is 0.190 e. The topological polar surface area (TPSA) is 58.5 Å². The van der Waals surface area contributed by atoms with Gasteiger partial charge in [0.15, 0.2) is 5.96 Å². The molecule has 2 aromatic rings. The molecule has 1 fully saturated rings. The van der Waals surface area contributed by atoms with Crippen LogP contribution < -0.4 is 10.6 Å². The smallest absolute Gasteiger partial charge is 0.190 e. The molecule has 1 aliphatic carbocycles. The van der Waals surface area contributed by atoms with Gasteiger partial charge in [-0.05, 0) is 50.7 Å². The minimum absolute atomic E-state index is 0.828. The molecule has 0 aromatic carbocycles. The first-order valence-electron chi connectivity index (χ1n) is 9.28. The van der Waals surface area contributed by atoms with Crippen molar-refractivity contribution >= 4 is 28.6 Å². The number of ether oxygens (including phenoxy) is 1. The van der Waals surface area contributed by atoms with E-state index in [-0.39, 0.29) is 0 Å². The van der Waals surface area contributed by atoms with Gasteiger partial charge in [-0.1, -0.05) is 0 Å². The van der Waals surface area contributed by atoms with E-state index in [0.717, 1.165) is 61.7 Å². The molecule has 0 atom stereocenters. The first-order chi connectivity index (χ1) is 12.7. The first kappa shape index (κ1) is 19.3. The van der Waals surface area contributed by atoms with Crippen molar-refractivity contribution in [3.05, 3.63) is 27.4 Å². The summed E-state index contributed by atoms with van der Waals surface area (Å²) in [4.78, 5) is 11.4. The van der Waals surface area contributed by atoms with Crippen molar-refractivity contribution in [2.24, 2.45) is 10.9 Å². The number of hydrogen-bond donors (Lipinski definition) is 2. The molecule has 5 nitrogen and oxygen atoms in total. The highest BCUT2D eigenvalue weighted by Gasteiger charge is 2.20. The Labute approximate surface area is 163 Å². The fourth-order valence-corrected chi connectivity index (χ4v) is 4.22. The lowest BCUT2D eigenvalue weighted by molar-refractivity contribution is 0.123. The van der Waals surface area contributed by atoms with Gasteiger partial charge >= 0.3 is 0 Å². The predicted octanol–water partition coefficient (Wildman–Crippen LogP) is 3.70. The molecule has 0 bridgehead atoms. The van der Waals surface area contributed by atoms with E-state index < -0.39 is 0 Å². The molecule has 2 N–H and O–H groups in total. The molecule has 1 saturated carbocycles. The van der Waals surface area contributed by atoms with Crippen molar-refractivity contribution in [1.82, 2.24) is 15.6 Å². The van der Waals surface area contributed by atoms with E-state index in [1.165, 1.54) is 22.6 Å². The summed E-state index contributed by atoms with van der Waals surface area (Å²) < 4.78 is 5.65. The maximum atomic E-state index is 5.65. The molecule has 26 heavy (non-hydrogen) atoms. The summed E-state index contributed by atoms with van der Waals surface area (Å²) >= 11 is 3.52. The molecule has 1 aliphatic rings. The van der Waals surface area contributed by atoms with E-state index >= 15 is 0 Å². The number of aryl methyl sites for hydroxylation is 1. The van der Waals surface area contributed by atoms with Crippen LogP contribution in [0.5, 0.6) is 0 Å². The number of nitrogens with zero attached hydrogens (tertiary/aromatic N) is 2. The van der Waals surface area contributed by atoms with Crippen LogP contribution in [0.4, 0.5) is 0 Å². The highest BCUT2D eigenvalue weighted by Crippen LogP contribution is 2.29. The molecular formula is C19H28N4OS2. The van der Waals surface area contributed by atoms with E-state index in [1.54, 1.807) is 11.3 Å². The number of aromatic nitrogens is 1. The maximum absolute atomic E-state index is 5.65. The lowest BCUT2D eigenvalue weighted by Gasteiger charge is -2.11. The van der Waals surface area contributed by atoms with Crippen molar-refractivity contribution in [2.75, 3.05) is 33.4 Å². The summed E-state index contributed by atoms with van der Waals surface area (Å²) in [5.74, 6) is 1.70. The van der Waals surface area contributed by atoms with Crippen LogP contribution in [0.2, 0.25) is 0 Å². The number of hydrogen-bond acceptors (Lipinski definition) is 5. The number of thiazole rings is 1. The molecule has 2 aromatic heterocycles. The molecule has 0 spiro atoms. The average molecular weight is 393 g/mol. The highest BCUT2D eigenvalue weighted by atomic mass is 32.1. The van der Waals surface area contributed by atoms with Gasteiger partial charge in [-0.2, -0.15) is 0 Å². The third kappa shape index (κ3) is 6.37. The SMILES string of the molecule is CN=C(NCCCOCC1CC1)NCCc1ccc(-c2csc(C)n2)s1. The molecule has 0 unspecified atom stereocenters. The molecule has 0 amide bonds. The van der Waals surface area contributed by atoms with Crippen LogP contribution in [0.1, 0.15) is 29.1 Å². The van der Waals surface area contributed by atoms with Gasteiger partial charge in [0, 0.05) is 43.6 Å². The van der Waals surface area contributed by atoms with Gasteiger partial charge in [0.05, 0.1) is 15.6 Å². The second-order valence-corrected chi connectivity index (χ2v) is 8.80. The van der Waals surface area contributed by atoms with Gasteiger partial charge in [-0.15, -0.1) is 22.7 Å².